The van der Waals surface area contributed by atoms with E-state index in [9.17, 15) is 8.42 Å². The molecule has 6 nitrogen and oxygen atoms in total. The molecule has 3 rings (SSSR count). The van der Waals surface area contributed by atoms with Gasteiger partial charge >= 0.3 is 0 Å². The summed E-state index contributed by atoms with van der Waals surface area (Å²) in [7, 11) is -0.226. The molecule has 0 bridgehead atoms. The van der Waals surface area contributed by atoms with Crippen molar-refractivity contribution in [2.45, 2.75) is 24.7 Å². The van der Waals surface area contributed by atoms with E-state index in [0.717, 1.165) is 35.6 Å². The molecule has 0 atom stereocenters. The third-order valence-corrected chi connectivity index (χ3v) is 6.98. The van der Waals surface area contributed by atoms with Crippen molar-refractivity contribution in [3.63, 3.8) is 0 Å². The summed E-state index contributed by atoms with van der Waals surface area (Å²) in [6.07, 6.45) is 2.01. The molecule has 0 amide bonds. The summed E-state index contributed by atoms with van der Waals surface area (Å²) >= 11 is 0. The minimum Gasteiger partial charge on any atom is -0.497 e. The highest BCUT2D eigenvalue weighted by Crippen LogP contribution is 2.33. The van der Waals surface area contributed by atoms with Crippen LogP contribution in [-0.2, 0) is 16.4 Å². The van der Waals surface area contributed by atoms with Gasteiger partial charge in [-0.25, -0.2) is 8.42 Å². The fourth-order valence-electron chi connectivity index (χ4n) is 3.48. The predicted molar refractivity (Wildman–Crippen MR) is 111 cm³/mol. The normalized spacial score (nSPS) is 15.5. The molecule has 0 N–H and O–H groups in total. The Morgan fingerprint density at radius 3 is 2.18 bits per heavy atom. The van der Waals surface area contributed by atoms with Crippen molar-refractivity contribution < 1.29 is 17.9 Å². The van der Waals surface area contributed by atoms with Gasteiger partial charge in [-0.05, 0) is 36.2 Å². The zero-order chi connectivity index (χ0) is 20.1. The molecule has 1 aliphatic rings. The molecule has 0 saturated carbocycles. The summed E-state index contributed by atoms with van der Waals surface area (Å²) in [4.78, 5) is 2.51. The largest absolute Gasteiger partial charge is 0.497 e. The van der Waals surface area contributed by atoms with Crippen molar-refractivity contribution in [1.29, 1.82) is 0 Å². The second kappa shape index (κ2) is 8.84. The Morgan fingerprint density at radius 1 is 0.929 bits per heavy atom. The molecular weight excluding hydrogens is 376 g/mol. The monoisotopic (exact) mass is 404 g/mol. The Hall–Kier alpha value is -2.25. The molecule has 1 heterocycles. The molecule has 2 aromatic carbocycles. The number of piperazine rings is 1. The number of benzene rings is 2. The average molecular weight is 405 g/mol. The molecule has 7 heteroatoms. The average Bonchev–Trinajstić information content (AvgIpc) is 2.74. The summed E-state index contributed by atoms with van der Waals surface area (Å²) < 4.78 is 38.2. The van der Waals surface area contributed by atoms with Crippen LogP contribution in [0.25, 0.3) is 0 Å². The van der Waals surface area contributed by atoms with Crippen LogP contribution >= 0.6 is 0 Å². The van der Waals surface area contributed by atoms with Crippen molar-refractivity contribution in [2.75, 3.05) is 45.3 Å². The summed E-state index contributed by atoms with van der Waals surface area (Å²) in [6, 6.07) is 12.9. The first-order chi connectivity index (χ1) is 13.5. The molecule has 1 fully saturated rings. The van der Waals surface area contributed by atoms with Crippen molar-refractivity contribution in [1.82, 2.24) is 4.31 Å². The Kier molecular flexibility index (Phi) is 6.46. The quantitative estimate of drug-likeness (QED) is 0.709. The van der Waals surface area contributed by atoms with E-state index in [1.54, 1.807) is 30.7 Å². The van der Waals surface area contributed by atoms with Gasteiger partial charge in [-0.15, -0.1) is 0 Å². The van der Waals surface area contributed by atoms with Gasteiger partial charge in [0.15, 0.2) is 0 Å². The maximum atomic E-state index is 13.0. The molecular formula is C21H28N2O4S. The highest BCUT2D eigenvalue weighted by molar-refractivity contribution is 7.89. The first-order valence-electron chi connectivity index (χ1n) is 9.55. The van der Waals surface area contributed by atoms with Crippen molar-refractivity contribution in [3.8, 4) is 11.5 Å². The Labute approximate surface area is 167 Å². The third kappa shape index (κ3) is 4.25. The van der Waals surface area contributed by atoms with E-state index in [1.807, 2.05) is 30.3 Å². The maximum Gasteiger partial charge on any atom is 0.243 e. The smallest absolute Gasteiger partial charge is 0.243 e. The minimum atomic E-state index is -3.47. The van der Waals surface area contributed by atoms with Crippen molar-refractivity contribution in [3.05, 3.63) is 48.0 Å². The van der Waals surface area contributed by atoms with Crippen molar-refractivity contribution in [2.24, 2.45) is 0 Å². The Morgan fingerprint density at radius 2 is 1.61 bits per heavy atom. The summed E-state index contributed by atoms with van der Waals surface area (Å²) in [5.41, 5.74) is 2.11. The van der Waals surface area contributed by atoms with E-state index < -0.39 is 10.0 Å². The van der Waals surface area contributed by atoms with Gasteiger partial charge in [0.25, 0.3) is 0 Å². The maximum absolute atomic E-state index is 13.0. The Bertz CT molecular complexity index is 889. The first-order valence-corrected chi connectivity index (χ1v) is 11.0. The summed E-state index contributed by atoms with van der Waals surface area (Å²) in [5.74, 6) is 1.45. The van der Waals surface area contributed by atoms with E-state index in [4.69, 9.17) is 9.47 Å². The van der Waals surface area contributed by atoms with Crippen LogP contribution in [0.3, 0.4) is 0 Å². The number of hydrogen-bond acceptors (Lipinski definition) is 5. The van der Waals surface area contributed by atoms with Crippen molar-refractivity contribution >= 4 is 15.7 Å². The summed E-state index contributed by atoms with van der Waals surface area (Å²) in [6.45, 7) is 4.20. The van der Waals surface area contributed by atoms with E-state index in [2.05, 4.69) is 11.8 Å². The van der Waals surface area contributed by atoms with Crippen LogP contribution in [0.1, 0.15) is 18.9 Å². The lowest BCUT2D eigenvalue weighted by molar-refractivity contribution is 0.375. The molecule has 0 aliphatic carbocycles. The highest BCUT2D eigenvalue weighted by atomic mass is 32.2. The number of aryl methyl sites for hydroxylation is 1. The van der Waals surface area contributed by atoms with Crippen LogP contribution in [0.4, 0.5) is 5.69 Å². The van der Waals surface area contributed by atoms with Crippen LogP contribution in [0.5, 0.6) is 11.5 Å². The topological polar surface area (TPSA) is 59.1 Å². The van der Waals surface area contributed by atoms with Gasteiger partial charge in [0.05, 0.1) is 24.8 Å². The predicted octanol–water partition coefficient (Wildman–Crippen LogP) is 3.17. The first kappa shape index (κ1) is 20.5. The van der Waals surface area contributed by atoms with E-state index >= 15 is 0 Å². The van der Waals surface area contributed by atoms with Crippen LogP contribution < -0.4 is 14.4 Å². The van der Waals surface area contributed by atoms with E-state index in [0.29, 0.717) is 31.1 Å². The standard InChI is InChI=1S/C21H28N2O4S/c1-4-5-17-6-9-19(10-7-17)28(24,25)23-14-12-22(13-15-23)20-11-8-18(26-2)16-21(20)27-3/h6-11,16H,4-5,12-15H2,1-3H3. The molecule has 28 heavy (non-hydrogen) atoms. The second-order valence-corrected chi connectivity index (χ2v) is 8.76. The van der Waals surface area contributed by atoms with Gasteiger partial charge in [0, 0.05) is 32.2 Å². The molecule has 0 spiro atoms. The molecule has 1 aliphatic heterocycles. The van der Waals surface area contributed by atoms with Crippen LogP contribution in [0, 0.1) is 0 Å². The second-order valence-electron chi connectivity index (χ2n) is 6.82. The molecule has 0 aromatic heterocycles. The highest BCUT2D eigenvalue weighted by Gasteiger charge is 2.29. The van der Waals surface area contributed by atoms with Crippen LogP contribution in [0.2, 0.25) is 0 Å². The van der Waals surface area contributed by atoms with Gasteiger partial charge in [-0.1, -0.05) is 25.5 Å². The van der Waals surface area contributed by atoms with Crippen LogP contribution in [0.15, 0.2) is 47.4 Å². The fraction of sp³-hybridized carbons (Fsp3) is 0.429. The van der Waals surface area contributed by atoms with Gasteiger partial charge < -0.3 is 14.4 Å². The lowest BCUT2D eigenvalue weighted by Gasteiger charge is -2.36. The van der Waals surface area contributed by atoms with Gasteiger partial charge in [-0.3, -0.25) is 0 Å². The van der Waals surface area contributed by atoms with Gasteiger partial charge in [-0.2, -0.15) is 4.31 Å². The summed E-state index contributed by atoms with van der Waals surface area (Å²) in [5, 5.41) is 0. The molecule has 2 aromatic rings. The van der Waals surface area contributed by atoms with Gasteiger partial charge in [0.1, 0.15) is 11.5 Å². The van der Waals surface area contributed by atoms with E-state index in [-0.39, 0.29) is 0 Å². The SMILES string of the molecule is CCCc1ccc(S(=O)(=O)N2CCN(c3ccc(OC)cc3OC)CC2)cc1. The number of rotatable bonds is 7. The fourth-order valence-corrected chi connectivity index (χ4v) is 4.90. The number of ether oxygens (including phenoxy) is 2. The van der Waals surface area contributed by atoms with Crippen LogP contribution in [-0.4, -0.2) is 53.1 Å². The molecule has 0 radical (unpaired) electrons. The zero-order valence-electron chi connectivity index (χ0n) is 16.7. The van der Waals surface area contributed by atoms with E-state index in [1.165, 1.54) is 0 Å². The third-order valence-electron chi connectivity index (χ3n) is 5.07. The number of nitrogens with zero attached hydrogens (tertiary/aromatic N) is 2. The number of anilines is 1. The Balaban J connectivity index is 1.71. The molecule has 1 saturated heterocycles. The number of sulfonamides is 1. The number of methoxy groups -OCH3 is 2. The zero-order valence-corrected chi connectivity index (χ0v) is 17.5. The molecule has 0 unspecified atom stereocenters. The number of hydrogen-bond donors (Lipinski definition) is 0. The molecule has 152 valence electrons. The lowest BCUT2D eigenvalue weighted by atomic mass is 10.1. The van der Waals surface area contributed by atoms with Gasteiger partial charge in [0.2, 0.25) is 10.0 Å². The minimum absolute atomic E-state index is 0.364. The lowest BCUT2D eigenvalue weighted by Crippen LogP contribution is -2.48.